The summed E-state index contributed by atoms with van der Waals surface area (Å²) in [5.74, 6) is -1.99. The van der Waals surface area contributed by atoms with Crippen molar-refractivity contribution in [1.29, 1.82) is 0 Å². The van der Waals surface area contributed by atoms with Gasteiger partial charge in [-0.15, -0.1) is 0 Å². The zero-order chi connectivity index (χ0) is 31.1. The summed E-state index contributed by atoms with van der Waals surface area (Å²) in [6.45, 7) is 5.18. The van der Waals surface area contributed by atoms with Crippen LogP contribution in [0.1, 0.15) is 45.1 Å². The number of carbonyl (C=O) groups excluding carboxylic acids is 2. The molecule has 3 atom stereocenters. The van der Waals surface area contributed by atoms with Gasteiger partial charge in [0.2, 0.25) is 15.9 Å². The molecule has 0 bridgehead atoms. The zero-order valence-corrected chi connectivity index (χ0v) is 25.3. The van der Waals surface area contributed by atoms with Crippen molar-refractivity contribution in [2.45, 2.75) is 63.4 Å². The Morgan fingerprint density at radius 1 is 1.28 bits per heavy atom. The van der Waals surface area contributed by atoms with Crippen LogP contribution in [0.15, 0.2) is 47.8 Å². The summed E-state index contributed by atoms with van der Waals surface area (Å²) in [5, 5.41) is 13.5. The van der Waals surface area contributed by atoms with Gasteiger partial charge in [-0.1, -0.05) is 19.1 Å². The molecule has 0 radical (unpaired) electrons. The Bertz CT molecular complexity index is 1550. The molecule has 232 valence electrons. The summed E-state index contributed by atoms with van der Waals surface area (Å²) in [6, 6.07) is 4.10. The van der Waals surface area contributed by atoms with Gasteiger partial charge in [-0.2, -0.15) is 4.31 Å². The highest BCUT2D eigenvalue weighted by Crippen LogP contribution is 2.30. The number of fused-ring (bicyclic) bond motifs is 1. The van der Waals surface area contributed by atoms with E-state index in [1.807, 2.05) is 13.8 Å². The Morgan fingerprint density at radius 3 is 2.77 bits per heavy atom. The van der Waals surface area contributed by atoms with Crippen LogP contribution >= 0.6 is 0 Å². The summed E-state index contributed by atoms with van der Waals surface area (Å²) in [5.41, 5.74) is 0.997. The number of nitrogens with one attached hydrogen (secondary N) is 2. The fourth-order valence-corrected chi connectivity index (χ4v) is 7.12. The van der Waals surface area contributed by atoms with Gasteiger partial charge in [0.15, 0.2) is 5.95 Å². The molecule has 2 unspecified atom stereocenters. The minimum atomic E-state index is -4.57. The van der Waals surface area contributed by atoms with Crippen molar-refractivity contribution in [3.05, 3.63) is 48.4 Å². The number of hydrogen-bond acceptors (Lipinski definition) is 9. The number of nitrogens with zero attached hydrogens (tertiary/aromatic N) is 4. The number of piperidine rings is 1. The van der Waals surface area contributed by atoms with Crippen molar-refractivity contribution < 1.29 is 32.6 Å². The predicted molar refractivity (Wildman–Crippen MR) is 159 cm³/mol. The maximum Gasteiger partial charge on any atom is 0.328 e. The van der Waals surface area contributed by atoms with Crippen molar-refractivity contribution in [1.82, 2.24) is 24.2 Å². The molecule has 43 heavy (non-hydrogen) atoms. The number of anilines is 1. The molecule has 0 aliphatic carbocycles. The molecule has 14 heteroatoms. The lowest BCUT2D eigenvalue weighted by atomic mass is 9.91. The lowest BCUT2D eigenvalue weighted by Gasteiger charge is -2.40. The third kappa shape index (κ3) is 7.49. The van der Waals surface area contributed by atoms with E-state index in [4.69, 9.17) is 4.74 Å². The average Bonchev–Trinajstić information content (AvgIpc) is 3.49. The molecule has 1 fully saturated rings. The van der Waals surface area contributed by atoms with Gasteiger partial charge in [0.25, 0.3) is 0 Å². The number of amides is 1. The summed E-state index contributed by atoms with van der Waals surface area (Å²) in [4.78, 5) is 51.9. The summed E-state index contributed by atoms with van der Waals surface area (Å²) < 4.78 is 34.6. The Labute approximate surface area is 250 Å². The number of carbonyl (C=O) groups is 3. The van der Waals surface area contributed by atoms with Crippen molar-refractivity contribution in [2.75, 3.05) is 31.6 Å². The Kier molecular flexibility index (Phi) is 10.3. The topological polar surface area (TPSA) is 175 Å². The number of likely N-dealkylation sites (tertiary alicyclic amines) is 1. The first kappa shape index (κ1) is 31.9. The van der Waals surface area contributed by atoms with Crippen molar-refractivity contribution in [3.63, 3.8) is 0 Å². The van der Waals surface area contributed by atoms with Crippen LogP contribution < -0.4 is 5.32 Å². The highest BCUT2D eigenvalue weighted by molar-refractivity contribution is 7.89. The van der Waals surface area contributed by atoms with Crippen LogP contribution in [0.4, 0.5) is 5.95 Å². The number of carboxylic acid groups (broad SMARTS) is 1. The maximum atomic E-state index is 14.3. The number of rotatable bonds is 13. The van der Waals surface area contributed by atoms with Crippen LogP contribution in [0.5, 0.6) is 0 Å². The molecule has 4 rings (SSSR count). The molecule has 3 N–H and O–H groups in total. The van der Waals surface area contributed by atoms with E-state index in [2.05, 4.69) is 20.3 Å². The number of esters is 1. The molecular weight excluding hydrogens is 576 g/mol. The van der Waals surface area contributed by atoms with Crippen LogP contribution in [-0.4, -0.2) is 93.9 Å². The van der Waals surface area contributed by atoms with Crippen LogP contribution in [0, 0.1) is 12.8 Å². The Balaban J connectivity index is 1.75. The minimum absolute atomic E-state index is 0.0159. The molecule has 2 aromatic heterocycles. The standard InChI is InChI=1S/C29H38N6O7S/c1-4-42-28(39)23-16-19(2)10-14-34(23)27(38)22(8-6-11-30-29-31-12-13-32-29)35(18-25(36)37)43(40,41)24-9-5-7-21-15-20(3)17-33-26(21)24/h5,7,9,12-13,15,17,19,22-23H,4,6,8,10-11,14,16,18H2,1-3H3,(H,36,37)(H2,30,31,32)/t19?,22-,23?/m0/s1. The van der Waals surface area contributed by atoms with Gasteiger partial charge >= 0.3 is 11.9 Å². The molecule has 3 heterocycles. The number of aromatic nitrogens is 3. The van der Waals surface area contributed by atoms with E-state index in [1.165, 1.54) is 17.2 Å². The highest BCUT2D eigenvalue weighted by atomic mass is 32.2. The van der Waals surface area contributed by atoms with E-state index < -0.39 is 46.5 Å². The van der Waals surface area contributed by atoms with E-state index >= 15 is 0 Å². The lowest BCUT2D eigenvalue weighted by molar-refractivity contribution is -0.159. The minimum Gasteiger partial charge on any atom is -0.480 e. The summed E-state index contributed by atoms with van der Waals surface area (Å²) in [6.07, 6.45) is 5.99. The first-order valence-corrected chi connectivity index (χ1v) is 15.8. The SMILES string of the molecule is CCOC(=O)C1CC(C)CCN1C(=O)[C@H](CCCNc1ncc[nH]1)N(CC(=O)O)S(=O)(=O)c1cccc2cc(C)cnc12. The fourth-order valence-electron chi connectivity index (χ4n) is 5.39. The molecule has 1 amide bonds. The predicted octanol–water partition coefficient (Wildman–Crippen LogP) is 2.79. The van der Waals surface area contributed by atoms with Gasteiger partial charge in [-0.25, -0.2) is 18.2 Å². The number of carboxylic acids is 1. The largest absolute Gasteiger partial charge is 0.480 e. The number of H-pyrrole nitrogens is 1. The van der Waals surface area contributed by atoms with E-state index in [0.29, 0.717) is 37.1 Å². The van der Waals surface area contributed by atoms with Crippen LogP contribution in [0.3, 0.4) is 0 Å². The van der Waals surface area contributed by atoms with Crippen molar-refractivity contribution in [3.8, 4) is 0 Å². The molecule has 1 aromatic carbocycles. The maximum absolute atomic E-state index is 14.3. The summed E-state index contributed by atoms with van der Waals surface area (Å²) >= 11 is 0. The first-order valence-electron chi connectivity index (χ1n) is 14.3. The van der Waals surface area contributed by atoms with Crippen LogP contribution in [0.25, 0.3) is 10.9 Å². The van der Waals surface area contributed by atoms with Gasteiger partial charge in [0, 0.05) is 37.1 Å². The number of pyridine rings is 1. The number of benzene rings is 1. The molecule has 1 saturated heterocycles. The number of para-hydroxylation sites is 1. The first-order chi connectivity index (χ1) is 20.5. The molecule has 0 saturated carbocycles. The van der Waals surface area contributed by atoms with E-state index in [9.17, 15) is 27.9 Å². The second-order valence-electron chi connectivity index (χ2n) is 10.7. The number of sulfonamides is 1. The normalized spacial score (nSPS) is 18.0. The van der Waals surface area contributed by atoms with Crippen molar-refractivity contribution >= 4 is 44.7 Å². The molecule has 0 spiro atoms. The van der Waals surface area contributed by atoms with Gasteiger partial charge in [0.1, 0.15) is 23.5 Å². The van der Waals surface area contributed by atoms with E-state index in [-0.39, 0.29) is 35.9 Å². The molecule has 1 aliphatic heterocycles. The number of aryl methyl sites for hydroxylation is 1. The monoisotopic (exact) mass is 614 g/mol. The smallest absolute Gasteiger partial charge is 0.328 e. The third-order valence-corrected chi connectivity index (χ3v) is 9.36. The van der Waals surface area contributed by atoms with Gasteiger partial charge in [-0.05, 0) is 63.1 Å². The third-order valence-electron chi connectivity index (χ3n) is 7.47. The number of aromatic amines is 1. The zero-order valence-electron chi connectivity index (χ0n) is 24.5. The average molecular weight is 615 g/mol. The number of imidazole rings is 1. The second-order valence-corrected chi connectivity index (χ2v) is 12.6. The highest BCUT2D eigenvalue weighted by Gasteiger charge is 2.44. The van der Waals surface area contributed by atoms with Gasteiger partial charge in [-0.3, -0.25) is 14.6 Å². The van der Waals surface area contributed by atoms with E-state index in [1.54, 1.807) is 37.5 Å². The van der Waals surface area contributed by atoms with Crippen LogP contribution in [-0.2, 0) is 29.1 Å². The molecular formula is C29H38N6O7S. The Hall–Kier alpha value is -4.04. The van der Waals surface area contributed by atoms with Crippen molar-refractivity contribution in [2.24, 2.45) is 5.92 Å². The molecule has 13 nitrogen and oxygen atoms in total. The van der Waals surface area contributed by atoms with Gasteiger partial charge < -0.3 is 25.0 Å². The Morgan fingerprint density at radius 2 is 2.07 bits per heavy atom. The quantitative estimate of drug-likeness (QED) is 0.192. The van der Waals surface area contributed by atoms with Crippen LogP contribution in [0.2, 0.25) is 0 Å². The summed E-state index contributed by atoms with van der Waals surface area (Å²) in [7, 11) is -4.57. The van der Waals surface area contributed by atoms with Gasteiger partial charge in [0.05, 0.1) is 12.1 Å². The molecule has 1 aliphatic rings. The number of aliphatic carboxylic acids is 1. The second kappa shape index (κ2) is 14.0. The van der Waals surface area contributed by atoms with E-state index in [0.717, 1.165) is 9.87 Å². The lowest BCUT2D eigenvalue weighted by Crippen LogP contribution is -2.58. The number of ether oxygens (including phenoxy) is 1. The fraction of sp³-hybridized carbons (Fsp3) is 0.483. The number of hydrogen-bond donors (Lipinski definition) is 3. The molecule has 3 aromatic rings.